The minimum atomic E-state index is 0.609. The molecule has 7 nitrogen and oxygen atoms in total. The van der Waals surface area contributed by atoms with E-state index in [2.05, 4.69) is 31.0 Å². The van der Waals surface area contributed by atoms with Gasteiger partial charge in [0.25, 0.3) is 0 Å². The standard InChI is InChI=1S/C15H17N7/c16-11-4-6-14(17-8-9-1-2-9)19-15(11)18-10-3-5-12-13(7-10)21-22-20-12/h3-7,9H,1-2,8,16H2,(H2,17,18,19)(H,20,21,22). The number of benzene rings is 1. The van der Waals surface area contributed by atoms with Gasteiger partial charge < -0.3 is 16.4 Å². The van der Waals surface area contributed by atoms with Crippen LogP contribution in [0.1, 0.15) is 12.8 Å². The summed E-state index contributed by atoms with van der Waals surface area (Å²) >= 11 is 0. The summed E-state index contributed by atoms with van der Waals surface area (Å²) in [6.45, 7) is 0.973. The van der Waals surface area contributed by atoms with Crippen LogP contribution >= 0.6 is 0 Å². The molecule has 5 N–H and O–H groups in total. The van der Waals surface area contributed by atoms with E-state index < -0.39 is 0 Å². The van der Waals surface area contributed by atoms with Crippen LogP contribution in [0.3, 0.4) is 0 Å². The molecular formula is C15H17N7. The molecule has 0 bridgehead atoms. The van der Waals surface area contributed by atoms with Crippen LogP contribution in [0.5, 0.6) is 0 Å². The van der Waals surface area contributed by atoms with Gasteiger partial charge >= 0.3 is 0 Å². The number of nitrogen functional groups attached to an aromatic ring is 1. The fourth-order valence-electron chi connectivity index (χ4n) is 2.29. The molecule has 1 aliphatic rings. The average molecular weight is 295 g/mol. The van der Waals surface area contributed by atoms with E-state index in [0.717, 1.165) is 35.0 Å². The van der Waals surface area contributed by atoms with E-state index in [1.54, 1.807) is 0 Å². The van der Waals surface area contributed by atoms with Crippen molar-refractivity contribution in [3.63, 3.8) is 0 Å². The number of nitrogens with zero attached hydrogens (tertiary/aromatic N) is 3. The van der Waals surface area contributed by atoms with E-state index in [-0.39, 0.29) is 0 Å². The Morgan fingerprint density at radius 3 is 2.86 bits per heavy atom. The van der Waals surface area contributed by atoms with Crippen molar-refractivity contribution < 1.29 is 0 Å². The quantitative estimate of drug-likeness (QED) is 0.576. The fraction of sp³-hybridized carbons (Fsp3) is 0.267. The second-order valence-electron chi connectivity index (χ2n) is 5.61. The van der Waals surface area contributed by atoms with Gasteiger partial charge in [0.15, 0.2) is 5.82 Å². The number of aromatic nitrogens is 4. The molecule has 0 unspecified atom stereocenters. The molecule has 0 aliphatic heterocycles. The van der Waals surface area contributed by atoms with Gasteiger partial charge in [-0.15, -0.1) is 0 Å². The van der Waals surface area contributed by atoms with Gasteiger partial charge in [0.05, 0.1) is 5.69 Å². The molecule has 3 aromatic rings. The Morgan fingerprint density at radius 2 is 2.00 bits per heavy atom. The van der Waals surface area contributed by atoms with Gasteiger partial charge in [0.1, 0.15) is 16.9 Å². The van der Waals surface area contributed by atoms with Gasteiger partial charge in [-0.1, -0.05) is 0 Å². The Labute approximate surface area is 127 Å². The maximum atomic E-state index is 6.01. The molecule has 7 heteroatoms. The number of aromatic amines is 1. The van der Waals surface area contributed by atoms with E-state index in [1.807, 2.05) is 30.3 Å². The average Bonchev–Trinajstić information content (AvgIpc) is 3.24. The first-order valence-electron chi connectivity index (χ1n) is 7.36. The second kappa shape index (κ2) is 5.18. The lowest BCUT2D eigenvalue weighted by Crippen LogP contribution is -2.07. The van der Waals surface area contributed by atoms with E-state index in [1.165, 1.54) is 12.8 Å². The molecule has 112 valence electrons. The maximum absolute atomic E-state index is 6.01. The number of hydrogen-bond acceptors (Lipinski definition) is 6. The number of nitrogens with two attached hydrogens (primary N) is 1. The topological polar surface area (TPSA) is 105 Å². The highest BCUT2D eigenvalue weighted by Crippen LogP contribution is 2.29. The molecule has 2 heterocycles. The molecule has 0 saturated heterocycles. The van der Waals surface area contributed by atoms with Crippen LogP contribution in [0.25, 0.3) is 11.0 Å². The zero-order chi connectivity index (χ0) is 14.9. The summed E-state index contributed by atoms with van der Waals surface area (Å²) in [6.07, 6.45) is 2.62. The van der Waals surface area contributed by atoms with Crippen molar-refractivity contribution >= 4 is 34.0 Å². The van der Waals surface area contributed by atoms with Gasteiger partial charge in [-0.25, -0.2) is 4.98 Å². The summed E-state index contributed by atoms with van der Waals surface area (Å²) < 4.78 is 0. The molecule has 1 fully saturated rings. The second-order valence-corrected chi connectivity index (χ2v) is 5.61. The van der Waals surface area contributed by atoms with E-state index in [0.29, 0.717) is 11.5 Å². The third-order valence-corrected chi connectivity index (χ3v) is 3.77. The van der Waals surface area contributed by atoms with E-state index in [9.17, 15) is 0 Å². The zero-order valence-corrected chi connectivity index (χ0v) is 12.0. The van der Waals surface area contributed by atoms with Crippen LogP contribution in [0.4, 0.5) is 23.0 Å². The summed E-state index contributed by atoms with van der Waals surface area (Å²) in [5, 5.41) is 17.3. The third kappa shape index (κ3) is 2.65. The number of nitrogens with one attached hydrogen (secondary N) is 3. The lowest BCUT2D eigenvalue weighted by molar-refractivity contribution is 0.883. The number of fused-ring (bicyclic) bond motifs is 1. The Balaban J connectivity index is 1.55. The lowest BCUT2D eigenvalue weighted by Gasteiger charge is -2.11. The molecule has 0 amide bonds. The maximum Gasteiger partial charge on any atom is 0.156 e. The molecule has 0 spiro atoms. The van der Waals surface area contributed by atoms with Crippen molar-refractivity contribution in [1.29, 1.82) is 0 Å². The van der Waals surface area contributed by atoms with E-state index >= 15 is 0 Å². The summed E-state index contributed by atoms with van der Waals surface area (Å²) in [7, 11) is 0. The minimum Gasteiger partial charge on any atom is -0.396 e. The minimum absolute atomic E-state index is 0.609. The number of H-pyrrole nitrogens is 1. The monoisotopic (exact) mass is 295 g/mol. The van der Waals surface area contributed by atoms with Gasteiger partial charge in [-0.3, -0.25) is 0 Å². The molecule has 4 rings (SSSR count). The summed E-state index contributed by atoms with van der Waals surface area (Å²) in [5.74, 6) is 2.28. The van der Waals surface area contributed by atoms with Crippen LogP contribution in [-0.4, -0.2) is 26.9 Å². The van der Waals surface area contributed by atoms with Gasteiger partial charge in [-0.2, -0.15) is 15.4 Å². The highest BCUT2D eigenvalue weighted by molar-refractivity contribution is 5.80. The van der Waals surface area contributed by atoms with Crippen molar-refractivity contribution in [2.45, 2.75) is 12.8 Å². The first kappa shape index (κ1) is 12.9. The SMILES string of the molecule is Nc1ccc(NCC2CC2)nc1Nc1ccc2n[nH]nc2c1. The van der Waals surface area contributed by atoms with Crippen molar-refractivity contribution in [2.75, 3.05) is 22.9 Å². The van der Waals surface area contributed by atoms with Crippen LogP contribution in [-0.2, 0) is 0 Å². The molecule has 0 atom stereocenters. The first-order valence-corrected chi connectivity index (χ1v) is 7.36. The van der Waals surface area contributed by atoms with Gasteiger partial charge in [0, 0.05) is 12.2 Å². The first-order chi connectivity index (χ1) is 10.8. The van der Waals surface area contributed by atoms with Crippen molar-refractivity contribution in [2.24, 2.45) is 5.92 Å². The Hall–Kier alpha value is -2.83. The smallest absolute Gasteiger partial charge is 0.156 e. The number of pyridine rings is 1. The Morgan fingerprint density at radius 1 is 1.14 bits per heavy atom. The third-order valence-electron chi connectivity index (χ3n) is 3.77. The Bertz CT molecular complexity index is 807. The normalized spacial score (nSPS) is 14.2. The largest absolute Gasteiger partial charge is 0.396 e. The predicted molar refractivity (Wildman–Crippen MR) is 87.0 cm³/mol. The van der Waals surface area contributed by atoms with E-state index in [4.69, 9.17) is 5.73 Å². The number of anilines is 4. The number of hydrogen-bond donors (Lipinski definition) is 4. The van der Waals surface area contributed by atoms with Crippen LogP contribution in [0.2, 0.25) is 0 Å². The Kier molecular flexibility index (Phi) is 3.03. The molecule has 22 heavy (non-hydrogen) atoms. The van der Waals surface area contributed by atoms with Crippen molar-refractivity contribution in [3.05, 3.63) is 30.3 Å². The van der Waals surface area contributed by atoms with Crippen molar-refractivity contribution in [1.82, 2.24) is 20.4 Å². The zero-order valence-electron chi connectivity index (χ0n) is 12.0. The van der Waals surface area contributed by atoms with Crippen LogP contribution < -0.4 is 16.4 Å². The fourth-order valence-corrected chi connectivity index (χ4v) is 2.29. The molecule has 2 aromatic heterocycles. The van der Waals surface area contributed by atoms with Crippen LogP contribution in [0.15, 0.2) is 30.3 Å². The molecule has 1 aliphatic carbocycles. The predicted octanol–water partition coefficient (Wildman–Crippen LogP) is 2.50. The van der Waals surface area contributed by atoms with Crippen molar-refractivity contribution in [3.8, 4) is 0 Å². The van der Waals surface area contributed by atoms with Gasteiger partial charge in [0.2, 0.25) is 0 Å². The molecule has 1 saturated carbocycles. The lowest BCUT2D eigenvalue weighted by atomic mass is 10.2. The summed E-state index contributed by atoms with van der Waals surface area (Å²) in [5.41, 5.74) is 9.12. The summed E-state index contributed by atoms with van der Waals surface area (Å²) in [6, 6.07) is 9.50. The molecular weight excluding hydrogens is 278 g/mol. The molecule has 0 radical (unpaired) electrons. The van der Waals surface area contributed by atoms with Crippen LogP contribution in [0, 0.1) is 5.92 Å². The summed E-state index contributed by atoms with van der Waals surface area (Å²) in [4.78, 5) is 4.54. The highest BCUT2D eigenvalue weighted by atomic mass is 15.3. The number of rotatable bonds is 5. The highest BCUT2D eigenvalue weighted by Gasteiger charge is 2.20. The molecule has 1 aromatic carbocycles. The van der Waals surface area contributed by atoms with Gasteiger partial charge in [-0.05, 0) is 49.1 Å².